The third-order valence-corrected chi connectivity index (χ3v) is 4.62. The summed E-state index contributed by atoms with van der Waals surface area (Å²) in [5.74, 6) is -0.774. The molecule has 2 rings (SSSR count). The molecule has 8 heteroatoms. The molecule has 0 fully saturated rings. The number of hydrogen-bond donors (Lipinski definition) is 1. The van der Waals surface area contributed by atoms with Crippen LogP contribution < -0.4 is 10.1 Å². The number of amides is 1. The summed E-state index contributed by atoms with van der Waals surface area (Å²) in [4.78, 5) is 24.1. The van der Waals surface area contributed by atoms with Crippen LogP contribution in [0.5, 0.6) is 5.75 Å². The molecule has 0 aliphatic heterocycles. The van der Waals surface area contributed by atoms with Crippen molar-refractivity contribution in [1.82, 2.24) is 0 Å². The molecule has 29 heavy (non-hydrogen) atoms. The van der Waals surface area contributed by atoms with Gasteiger partial charge in [-0.15, -0.1) is 0 Å². The maximum Gasteiger partial charge on any atom is 0.344 e. The van der Waals surface area contributed by atoms with Crippen molar-refractivity contribution in [3.05, 3.63) is 62.6 Å². The van der Waals surface area contributed by atoms with E-state index in [-0.39, 0.29) is 18.8 Å². The van der Waals surface area contributed by atoms with Gasteiger partial charge in [0.25, 0.3) is 5.91 Å². The molecule has 0 saturated carbocycles. The van der Waals surface area contributed by atoms with Gasteiger partial charge in [-0.25, -0.2) is 4.79 Å². The van der Waals surface area contributed by atoms with Gasteiger partial charge in [0.2, 0.25) is 0 Å². The Hall–Kier alpha value is -2.82. The van der Waals surface area contributed by atoms with Gasteiger partial charge in [0.15, 0.2) is 6.61 Å². The Bertz CT molecular complexity index is 999. The average molecular weight is 478 g/mol. The van der Waals surface area contributed by atoms with Gasteiger partial charge in [-0.3, -0.25) is 4.79 Å². The maximum atomic E-state index is 12.5. The highest BCUT2D eigenvalue weighted by Gasteiger charge is 2.13. The van der Waals surface area contributed by atoms with Crippen molar-refractivity contribution >= 4 is 51.2 Å². The Morgan fingerprint density at radius 2 is 2.03 bits per heavy atom. The first-order chi connectivity index (χ1) is 13.8. The zero-order valence-corrected chi connectivity index (χ0v) is 18.1. The van der Waals surface area contributed by atoms with E-state index in [2.05, 4.69) is 21.2 Å². The molecule has 6 nitrogen and oxygen atoms in total. The van der Waals surface area contributed by atoms with Crippen LogP contribution in [0.3, 0.4) is 0 Å². The van der Waals surface area contributed by atoms with Gasteiger partial charge in [-0.1, -0.05) is 33.6 Å². The number of benzene rings is 2. The Morgan fingerprint density at radius 1 is 1.28 bits per heavy atom. The first-order valence-corrected chi connectivity index (χ1v) is 9.78. The van der Waals surface area contributed by atoms with Crippen LogP contribution >= 0.6 is 27.5 Å². The van der Waals surface area contributed by atoms with Crippen molar-refractivity contribution in [2.24, 2.45) is 0 Å². The lowest BCUT2D eigenvalue weighted by Gasteiger charge is -2.10. The van der Waals surface area contributed by atoms with E-state index >= 15 is 0 Å². The number of hydrogen-bond acceptors (Lipinski definition) is 5. The van der Waals surface area contributed by atoms with E-state index in [0.717, 1.165) is 10.0 Å². The van der Waals surface area contributed by atoms with E-state index in [1.807, 2.05) is 13.0 Å². The minimum atomic E-state index is -0.594. The molecular weight excluding hydrogens is 460 g/mol. The fourth-order valence-corrected chi connectivity index (χ4v) is 2.84. The second-order valence-electron chi connectivity index (χ2n) is 5.86. The van der Waals surface area contributed by atoms with E-state index in [1.54, 1.807) is 43.3 Å². The van der Waals surface area contributed by atoms with Crippen molar-refractivity contribution in [1.29, 1.82) is 5.26 Å². The fraction of sp³-hybridized carbons (Fsp3) is 0.190. The molecule has 0 bridgehead atoms. The van der Waals surface area contributed by atoms with Crippen LogP contribution in [0.15, 0.2) is 46.4 Å². The quantitative estimate of drug-likeness (QED) is 0.348. The lowest BCUT2D eigenvalue weighted by Crippen LogP contribution is -2.15. The van der Waals surface area contributed by atoms with Crippen molar-refractivity contribution in [3.63, 3.8) is 0 Å². The molecule has 1 amide bonds. The number of anilines is 1. The van der Waals surface area contributed by atoms with Gasteiger partial charge < -0.3 is 14.8 Å². The highest BCUT2D eigenvalue weighted by atomic mass is 79.9. The zero-order valence-electron chi connectivity index (χ0n) is 15.8. The number of nitriles is 1. The smallest absolute Gasteiger partial charge is 0.344 e. The number of nitrogens with one attached hydrogen (secondary N) is 1. The van der Waals surface area contributed by atoms with Gasteiger partial charge in [0.05, 0.1) is 6.61 Å². The summed E-state index contributed by atoms with van der Waals surface area (Å²) in [7, 11) is 0. The number of rotatable bonds is 7. The molecule has 0 spiro atoms. The Balaban J connectivity index is 2.25. The van der Waals surface area contributed by atoms with Crippen molar-refractivity contribution in [2.45, 2.75) is 13.8 Å². The van der Waals surface area contributed by atoms with Gasteiger partial charge in [0, 0.05) is 20.7 Å². The Labute approximate surface area is 182 Å². The Morgan fingerprint density at radius 3 is 2.69 bits per heavy atom. The van der Waals surface area contributed by atoms with Gasteiger partial charge in [0.1, 0.15) is 17.4 Å². The monoisotopic (exact) mass is 476 g/mol. The number of carbonyl (C=O) groups excluding carboxylic acids is 2. The molecule has 0 saturated heterocycles. The van der Waals surface area contributed by atoms with Crippen LogP contribution in [-0.2, 0) is 14.3 Å². The van der Waals surface area contributed by atoms with E-state index in [9.17, 15) is 14.9 Å². The highest BCUT2D eigenvalue weighted by Crippen LogP contribution is 2.26. The summed E-state index contributed by atoms with van der Waals surface area (Å²) in [6, 6.07) is 12.0. The summed E-state index contributed by atoms with van der Waals surface area (Å²) in [6.45, 7) is 3.51. The molecule has 0 aromatic heterocycles. The molecule has 0 heterocycles. The largest absolute Gasteiger partial charge is 0.481 e. The molecule has 0 radical (unpaired) electrons. The second-order valence-corrected chi connectivity index (χ2v) is 7.19. The molecule has 1 N–H and O–H groups in total. The van der Waals surface area contributed by atoms with E-state index in [1.165, 1.54) is 6.08 Å². The number of halogens is 2. The maximum absolute atomic E-state index is 12.5. The third kappa shape index (κ3) is 6.63. The summed E-state index contributed by atoms with van der Waals surface area (Å²) in [5.41, 5.74) is 1.66. The topological polar surface area (TPSA) is 88.4 Å². The SMILES string of the molecule is CCOC(=O)COc1ccc(Br)cc1/C=C(/C#N)C(=O)Nc1ccc(C)c(Cl)c1. The van der Waals surface area contributed by atoms with E-state index < -0.39 is 11.9 Å². The molecule has 0 atom stereocenters. The highest BCUT2D eigenvalue weighted by molar-refractivity contribution is 9.10. The molecule has 0 unspecified atom stereocenters. The molecule has 0 aliphatic carbocycles. The lowest BCUT2D eigenvalue weighted by molar-refractivity contribution is -0.145. The molecule has 150 valence electrons. The standard InChI is InChI=1S/C21H18BrClN2O4/c1-3-28-20(26)12-29-19-7-5-16(22)9-14(19)8-15(11-24)21(27)25-17-6-4-13(2)18(23)10-17/h4-10H,3,12H2,1-2H3,(H,25,27)/b15-8-. The Kier molecular flexibility index (Phi) is 8.25. The van der Waals surface area contributed by atoms with Crippen molar-refractivity contribution < 1.29 is 19.1 Å². The summed E-state index contributed by atoms with van der Waals surface area (Å²) in [5, 5.41) is 12.6. The van der Waals surface area contributed by atoms with E-state index in [0.29, 0.717) is 22.0 Å². The van der Waals surface area contributed by atoms with Crippen molar-refractivity contribution in [3.8, 4) is 11.8 Å². The van der Waals surface area contributed by atoms with Crippen LogP contribution in [0.25, 0.3) is 6.08 Å². The number of aryl methyl sites for hydroxylation is 1. The van der Waals surface area contributed by atoms with Crippen LogP contribution in [0.2, 0.25) is 5.02 Å². The molecule has 0 aliphatic rings. The number of esters is 1. The summed E-state index contributed by atoms with van der Waals surface area (Å²) >= 11 is 9.42. The predicted octanol–water partition coefficient (Wildman–Crippen LogP) is 4.90. The minimum absolute atomic E-state index is 0.138. The fourth-order valence-electron chi connectivity index (χ4n) is 2.28. The molecule has 2 aromatic carbocycles. The van der Waals surface area contributed by atoms with E-state index in [4.69, 9.17) is 21.1 Å². The first kappa shape index (κ1) is 22.5. The van der Waals surface area contributed by atoms with Gasteiger partial charge >= 0.3 is 5.97 Å². The normalized spacial score (nSPS) is 10.8. The summed E-state index contributed by atoms with van der Waals surface area (Å²) in [6.07, 6.45) is 1.39. The number of ether oxygens (including phenoxy) is 2. The van der Waals surface area contributed by atoms with Crippen LogP contribution in [0.4, 0.5) is 5.69 Å². The first-order valence-electron chi connectivity index (χ1n) is 8.61. The number of carbonyl (C=O) groups is 2. The van der Waals surface area contributed by atoms with Crippen molar-refractivity contribution in [2.75, 3.05) is 18.5 Å². The summed E-state index contributed by atoms with van der Waals surface area (Å²) < 4.78 is 11.0. The lowest BCUT2D eigenvalue weighted by atomic mass is 10.1. The van der Waals surface area contributed by atoms with Crippen LogP contribution in [0, 0.1) is 18.3 Å². The van der Waals surface area contributed by atoms with Gasteiger partial charge in [-0.05, 0) is 55.8 Å². The minimum Gasteiger partial charge on any atom is -0.481 e. The average Bonchev–Trinajstić information content (AvgIpc) is 2.68. The zero-order chi connectivity index (χ0) is 21.4. The number of nitrogens with zero attached hydrogens (tertiary/aromatic N) is 1. The molecular formula is C21H18BrClN2O4. The third-order valence-electron chi connectivity index (χ3n) is 3.72. The van der Waals surface area contributed by atoms with Gasteiger partial charge in [-0.2, -0.15) is 5.26 Å². The van der Waals surface area contributed by atoms with Crippen LogP contribution in [0.1, 0.15) is 18.1 Å². The predicted molar refractivity (Wildman–Crippen MR) is 115 cm³/mol. The molecule has 2 aromatic rings. The van der Waals surface area contributed by atoms with Crippen LogP contribution in [-0.4, -0.2) is 25.1 Å². The second kappa shape index (κ2) is 10.6.